The minimum Gasteiger partial charge on any atom is -0.409 e. The molecule has 0 radical (unpaired) electrons. The molecule has 0 amide bonds. The second kappa shape index (κ2) is 4.90. The zero-order valence-electron chi connectivity index (χ0n) is 9.04. The summed E-state index contributed by atoms with van der Waals surface area (Å²) in [6.07, 6.45) is -1.60. The van der Waals surface area contributed by atoms with Crippen molar-refractivity contribution in [2.45, 2.75) is 31.5 Å². The predicted molar refractivity (Wildman–Crippen MR) is 53.2 cm³/mol. The molecule has 0 aliphatic heterocycles. The van der Waals surface area contributed by atoms with Gasteiger partial charge in [-0.1, -0.05) is 11.6 Å². The highest BCUT2D eigenvalue weighted by atomic mass is 19.4. The number of rotatable bonds is 4. The van der Waals surface area contributed by atoms with Crippen LogP contribution in [0, 0.1) is 5.92 Å². The molecule has 0 aromatic carbocycles. The molecule has 1 rings (SSSR count). The molecule has 0 bridgehead atoms. The first-order valence-electron chi connectivity index (χ1n) is 5.10. The standard InChI is InChI=1S/C9H16F3N3O/c1-15(6-3-2-4-6)5-7(8(13)14-16)9(10,11)12/h6-7,16H,2-5H2,1H3,(H2,13,14). The van der Waals surface area contributed by atoms with Crippen molar-refractivity contribution in [3.05, 3.63) is 0 Å². The van der Waals surface area contributed by atoms with Crippen LogP contribution in [-0.4, -0.2) is 41.8 Å². The fourth-order valence-corrected chi connectivity index (χ4v) is 1.70. The molecule has 0 heterocycles. The van der Waals surface area contributed by atoms with Gasteiger partial charge in [0, 0.05) is 12.6 Å². The Hall–Kier alpha value is -0.980. The average Bonchev–Trinajstić information content (AvgIpc) is 2.08. The molecule has 0 spiro atoms. The molecule has 16 heavy (non-hydrogen) atoms. The molecule has 1 unspecified atom stereocenters. The van der Waals surface area contributed by atoms with Crippen molar-refractivity contribution in [2.75, 3.05) is 13.6 Å². The largest absolute Gasteiger partial charge is 0.409 e. The van der Waals surface area contributed by atoms with Crippen LogP contribution in [0.1, 0.15) is 19.3 Å². The predicted octanol–water partition coefficient (Wildman–Crippen LogP) is 1.40. The van der Waals surface area contributed by atoms with E-state index in [0.717, 1.165) is 19.3 Å². The van der Waals surface area contributed by atoms with Crippen molar-refractivity contribution in [3.8, 4) is 0 Å². The van der Waals surface area contributed by atoms with Gasteiger partial charge in [0.25, 0.3) is 0 Å². The molecular weight excluding hydrogens is 223 g/mol. The van der Waals surface area contributed by atoms with Gasteiger partial charge in [-0.05, 0) is 19.9 Å². The van der Waals surface area contributed by atoms with Gasteiger partial charge in [0.1, 0.15) is 5.92 Å². The molecule has 4 nitrogen and oxygen atoms in total. The second-order valence-corrected chi connectivity index (χ2v) is 4.14. The molecular formula is C9H16F3N3O. The molecule has 3 N–H and O–H groups in total. The SMILES string of the molecule is CN(CC(C(N)=NO)C(F)(F)F)C1CCC1. The van der Waals surface area contributed by atoms with E-state index in [-0.39, 0.29) is 12.6 Å². The first kappa shape index (κ1) is 13.1. The fraction of sp³-hybridized carbons (Fsp3) is 0.889. The van der Waals surface area contributed by atoms with E-state index in [9.17, 15) is 13.2 Å². The van der Waals surface area contributed by atoms with E-state index >= 15 is 0 Å². The van der Waals surface area contributed by atoms with Crippen molar-refractivity contribution in [1.82, 2.24) is 4.90 Å². The summed E-state index contributed by atoms with van der Waals surface area (Å²) in [5.74, 6) is -2.68. The lowest BCUT2D eigenvalue weighted by Gasteiger charge is -2.36. The first-order valence-corrected chi connectivity index (χ1v) is 5.10. The molecule has 7 heteroatoms. The maximum atomic E-state index is 12.6. The van der Waals surface area contributed by atoms with E-state index in [1.807, 2.05) is 0 Å². The number of alkyl halides is 3. The van der Waals surface area contributed by atoms with Crippen molar-refractivity contribution < 1.29 is 18.4 Å². The third kappa shape index (κ3) is 3.01. The van der Waals surface area contributed by atoms with Crippen LogP contribution in [0.3, 0.4) is 0 Å². The number of nitrogens with two attached hydrogens (primary N) is 1. The van der Waals surface area contributed by atoms with E-state index < -0.39 is 17.9 Å². The number of hydrogen-bond donors (Lipinski definition) is 2. The molecule has 0 aromatic heterocycles. The Morgan fingerprint density at radius 3 is 2.44 bits per heavy atom. The number of amidine groups is 1. The van der Waals surface area contributed by atoms with Gasteiger partial charge in [0.15, 0.2) is 5.84 Å². The van der Waals surface area contributed by atoms with Crippen molar-refractivity contribution in [3.63, 3.8) is 0 Å². The highest BCUT2D eigenvalue weighted by molar-refractivity contribution is 5.83. The normalized spacial score (nSPS) is 20.9. The molecule has 94 valence electrons. The van der Waals surface area contributed by atoms with Gasteiger partial charge in [-0.2, -0.15) is 13.2 Å². The van der Waals surface area contributed by atoms with Crippen LogP contribution in [0.15, 0.2) is 5.16 Å². The third-order valence-corrected chi connectivity index (χ3v) is 3.04. The number of oxime groups is 1. The lowest BCUT2D eigenvalue weighted by molar-refractivity contribution is -0.161. The monoisotopic (exact) mass is 239 g/mol. The van der Waals surface area contributed by atoms with Gasteiger partial charge in [-0.25, -0.2) is 0 Å². The smallest absolute Gasteiger partial charge is 0.400 e. The number of nitrogens with zero attached hydrogens (tertiary/aromatic N) is 2. The van der Waals surface area contributed by atoms with Crippen molar-refractivity contribution >= 4 is 5.84 Å². The Balaban J connectivity index is 2.63. The van der Waals surface area contributed by atoms with Gasteiger partial charge < -0.3 is 15.8 Å². The van der Waals surface area contributed by atoms with E-state index in [2.05, 4.69) is 5.16 Å². The first-order chi connectivity index (χ1) is 7.36. The van der Waals surface area contributed by atoms with E-state index in [0.29, 0.717) is 0 Å². The minimum atomic E-state index is -4.48. The second-order valence-electron chi connectivity index (χ2n) is 4.14. The zero-order chi connectivity index (χ0) is 12.3. The van der Waals surface area contributed by atoms with Crippen molar-refractivity contribution in [2.24, 2.45) is 16.8 Å². The number of halogens is 3. The van der Waals surface area contributed by atoms with Crippen LogP contribution in [0.4, 0.5) is 13.2 Å². The van der Waals surface area contributed by atoms with Crippen LogP contribution in [0.2, 0.25) is 0 Å². The van der Waals surface area contributed by atoms with Crippen LogP contribution in [0.5, 0.6) is 0 Å². The molecule has 1 aliphatic rings. The summed E-state index contributed by atoms with van der Waals surface area (Å²) < 4.78 is 37.8. The van der Waals surface area contributed by atoms with E-state index in [1.165, 1.54) is 0 Å². The van der Waals surface area contributed by atoms with Gasteiger partial charge in [0.2, 0.25) is 0 Å². The Bertz CT molecular complexity index is 263. The van der Waals surface area contributed by atoms with Crippen LogP contribution in [-0.2, 0) is 0 Å². The minimum absolute atomic E-state index is 0.191. The van der Waals surface area contributed by atoms with E-state index in [1.54, 1.807) is 11.9 Å². The Morgan fingerprint density at radius 2 is 2.12 bits per heavy atom. The Morgan fingerprint density at radius 1 is 1.56 bits per heavy atom. The Labute approximate surface area is 91.9 Å². The highest BCUT2D eigenvalue weighted by Gasteiger charge is 2.44. The average molecular weight is 239 g/mol. The lowest BCUT2D eigenvalue weighted by atomic mass is 9.91. The van der Waals surface area contributed by atoms with Gasteiger partial charge in [-0.3, -0.25) is 0 Å². The summed E-state index contributed by atoms with van der Waals surface area (Å²) in [7, 11) is 1.63. The molecule has 1 fully saturated rings. The summed E-state index contributed by atoms with van der Waals surface area (Å²) in [4.78, 5) is 1.62. The summed E-state index contributed by atoms with van der Waals surface area (Å²) in [6.45, 7) is -0.260. The lowest BCUT2D eigenvalue weighted by Crippen LogP contribution is -2.47. The van der Waals surface area contributed by atoms with Crippen LogP contribution < -0.4 is 5.73 Å². The van der Waals surface area contributed by atoms with Crippen LogP contribution >= 0.6 is 0 Å². The Kier molecular flexibility index (Phi) is 4.01. The summed E-state index contributed by atoms with van der Waals surface area (Å²) in [5.41, 5.74) is 5.06. The molecule has 1 atom stereocenters. The van der Waals surface area contributed by atoms with Crippen LogP contribution in [0.25, 0.3) is 0 Å². The highest BCUT2D eigenvalue weighted by Crippen LogP contribution is 2.30. The maximum absolute atomic E-state index is 12.6. The molecule has 0 saturated heterocycles. The summed E-state index contributed by atoms with van der Waals surface area (Å²) in [6, 6.07) is 0.191. The zero-order valence-corrected chi connectivity index (χ0v) is 9.04. The topological polar surface area (TPSA) is 61.8 Å². The quantitative estimate of drug-likeness (QED) is 0.337. The molecule has 1 saturated carbocycles. The molecule has 1 aliphatic carbocycles. The number of hydrogen-bond acceptors (Lipinski definition) is 3. The van der Waals surface area contributed by atoms with E-state index in [4.69, 9.17) is 10.9 Å². The molecule has 0 aromatic rings. The summed E-state index contributed by atoms with van der Waals surface area (Å²) in [5, 5.41) is 10.8. The maximum Gasteiger partial charge on any atom is 0.400 e. The third-order valence-electron chi connectivity index (χ3n) is 3.04. The van der Waals surface area contributed by atoms with Gasteiger partial charge >= 0.3 is 6.18 Å². The van der Waals surface area contributed by atoms with Crippen molar-refractivity contribution in [1.29, 1.82) is 0 Å². The van der Waals surface area contributed by atoms with Gasteiger partial charge in [0.05, 0.1) is 0 Å². The van der Waals surface area contributed by atoms with Gasteiger partial charge in [-0.15, -0.1) is 0 Å². The fourth-order valence-electron chi connectivity index (χ4n) is 1.70. The summed E-state index contributed by atoms with van der Waals surface area (Å²) >= 11 is 0.